The molecule has 172 valence electrons. The van der Waals surface area contributed by atoms with Crippen LogP contribution in [0.4, 0.5) is 5.69 Å². The van der Waals surface area contributed by atoms with Crippen LogP contribution in [0.5, 0.6) is 0 Å². The lowest BCUT2D eigenvalue weighted by Gasteiger charge is -2.07. The average molecular weight is 475 g/mol. The molecular formula is C25H22N4O4S. The van der Waals surface area contributed by atoms with Crippen molar-refractivity contribution >= 4 is 34.8 Å². The Labute approximate surface area is 200 Å². The van der Waals surface area contributed by atoms with Crippen LogP contribution in [0.15, 0.2) is 78.3 Å². The van der Waals surface area contributed by atoms with Crippen LogP contribution in [0.3, 0.4) is 0 Å². The maximum absolute atomic E-state index is 13.1. The molecule has 4 rings (SSSR count). The molecular weight excluding hydrogens is 452 g/mol. The van der Waals surface area contributed by atoms with Gasteiger partial charge in [-0.15, -0.1) is 11.3 Å². The number of anilines is 1. The smallest absolute Gasteiger partial charge is 0.325 e. The normalized spacial score (nSPS) is 10.5. The van der Waals surface area contributed by atoms with E-state index >= 15 is 0 Å². The third-order valence-electron chi connectivity index (χ3n) is 4.97. The molecule has 2 amide bonds. The van der Waals surface area contributed by atoms with Gasteiger partial charge in [-0.2, -0.15) is 5.10 Å². The van der Waals surface area contributed by atoms with Crippen molar-refractivity contribution in [2.24, 2.45) is 0 Å². The van der Waals surface area contributed by atoms with E-state index in [9.17, 15) is 14.4 Å². The van der Waals surface area contributed by atoms with Crippen LogP contribution in [0.1, 0.15) is 15.9 Å². The summed E-state index contributed by atoms with van der Waals surface area (Å²) in [5.74, 6) is -1.09. The number of aromatic nitrogens is 2. The Morgan fingerprint density at radius 2 is 1.76 bits per heavy atom. The summed E-state index contributed by atoms with van der Waals surface area (Å²) in [5, 5.41) is 12.0. The van der Waals surface area contributed by atoms with Gasteiger partial charge in [-0.3, -0.25) is 14.4 Å². The van der Waals surface area contributed by atoms with Gasteiger partial charge in [0.15, 0.2) is 0 Å². The van der Waals surface area contributed by atoms with Crippen molar-refractivity contribution in [1.29, 1.82) is 0 Å². The van der Waals surface area contributed by atoms with Gasteiger partial charge >= 0.3 is 5.97 Å². The fourth-order valence-corrected chi connectivity index (χ4v) is 3.97. The zero-order valence-electron chi connectivity index (χ0n) is 18.4. The number of carbonyl (C=O) groups excluding carboxylic acids is 3. The summed E-state index contributed by atoms with van der Waals surface area (Å²) in [7, 11) is 1.26. The van der Waals surface area contributed by atoms with E-state index in [2.05, 4.69) is 20.5 Å². The number of ether oxygens (including phenoxy) is 1. The van der Waals surface area contributed by atoms with Crippen LogP contribution in [-0.4, -0.2) is 41.2 Å². The summed E-state index contributed by atoms with van der Waals surface area (Å²) in [4.78, 5) is 37.1. The van der Waals surface area contributed by atoms with Crippen LogP contribution in [0.2, 0.25) is 0 Å². The van der Waals surface area contributed by atoms with Gasteiger partial charge in [0, 0.05) is 11.9 Å². The first-order chi connectivity index (χ1) is 16.5. The molecule has 0 atom stereocenters. The van der Waals surface area contributed by atoms with E-state index < -0.39 is 5.97 Å². The van der Waals surface area contributed by atoms with Gasteiger partial charge in [0.25, 0.3) is 5.91 Å². The second kappa shape index (κ2) is 10.6. The summed E-state index contributed by atoms with van der Waals surface area (Å²) < 4.78 is 6.19. The molecule has 2 aromatic heterocycles. The number of methoxy groups -OCH3 is 1. The van der Waals surface area contributed by atoms with Gasteiger partial charge in [0.05, 0.1) is 29.7 Å². The molecule has 2 aromatic carbocycles. The number of nitrogens with one attached hydrogen (secondary N) is 2. The summed E-state index contributed by atoms with van der Waals surface area (Å²) in [5.41, 5.74) is 3.26. The largest absolute Gasteiger partial charge is 0.468 e. The number of rotatable bonds is 8. The van der Waals surface area contributed by atoms with Crippen molar-refractivity contribution in [2.45, 2.75) is 6.42 Å². The molecule has 2 N–H and O–H groups in total. The number of esters is 1. The number of nitrogens with zero attached hydrogens (tertiary/aromatic N) is 2. The number of benzene rings is 2. The molecule has 9 heteroatoms. The Kier molecular flexibility index (Phi) is 7.14. The van der Waals surface area contributed by atoms with E-state index in [1.165, 1.54) is 18.4 Å². The molecule has 0 spiro atoms. The molecule has 34 heavy (non-hydrogen) atoms. The first kappa shape index (κ1) is 22.9. The topological polar surface area (TPSA) is 102 Å². The number of para-hydroxylation sites is 1. The van der Waals surface area contributed by atoms with Gasteiger partial charge in [-0.25, -0.2) is 4.68 Å². The number of thiophene rings is 1. The number of carbonyl (C=O) groups is 3. The van der Waals surface area contributed by atoms with Crippen molar-refractivity contribution < 1.29 is 19.1 Å². The minimum atomic E-state index is -0.510. The minimum Gasteiger partial charge on any atom is -0.468 e. The lowest BCUT2D eigenvalue weighted by atomic mass is 10.1. The highest BCUT2D eigenvalue weighted by Gasteiger charge is 2.19. The monoisotopic (exact) mass is 474 g/mol. The molecule has 0 saturated carbocycles. The number of hydrogen-bond donors (Lipinski definition) is 2. The fraction of sp³-hybridized carbons (Fsp3) is 0.120. The summed E-state index contributed by atoms with van der Waals surface area (Å²) in [6.45, 7) is -0.174. The Morgan fingerprint density at radius 3 is 2.44 bits per heavy atom. The van der Waals surface area contributed by atoms with Crippen LogP contribution in [0, 0.1) is 0 Å². The van der Waals surface area contributed by atoms with E-state index in [1.54, 1.807) is 35.1 Å². The van der Waals surface area contributed by atoms with E-state index in [0.29, 0.717) is 16.9 Å². The molecule has 0 bridgehead atoms. The van der Waals surface area contributed by atoms with Crippen LogP contribution < -0.4 is 10.6 Å². The molecule has 0 aliphatic heterocycles. The SMILES string of the molecule is COC(=O)CNC(=O)Cc1ccc(NC(=O)c2cn(-c3ccccc3)nc2-c2cccs2)cc1. The predicted octanol–water partition coefficient (Wildman–Crippen LogP) is 3.68. The number of hydrogen-bond acceptors (Lipinski definition) is 6. The molecule has 0 aliphatic carbocycles. The zero-order valence-corrected chi connectivity index (χ0v) is 19.2. The van der Waals surface area contributed by atoms with E-state index in [4.69, 9.17) is 0 Å². The van der Waals surface area contributed by atoms with Crippen molar-refractivity contribution in [3.05, 3.63) is 89.4 Å². The van der Waals surface area contributed by atoms with Gasteiger partial charge in [0.1, 0.15) is 12.2 Å². The molecule has 0 saturated heterocycles. The maximum Gasteiger partial charge on any atom is 0.325 e. The second-order valence-electron chi connectivity index (χ2n) is 7.33. The lowest BCUT2D eigenvalue weighted by molar-refractivity contribution is -0.141. The van der Waals surface area contributed by atoms with Gasteiger partial charge in [0.2, 0.25) is 5.91 Å². The first-order valence-corrected chi connectivity index (χ1v) is 11.3. The molecule has 8 nitrogen and oxygen atoms in total. The third-order valence-corrected chi connectivity index (χ3v) is 5.84. The van der Waals surface area contributed by atoms with Gasteiger partial charge in [-0.05, 0) is 41.3 Å². The minimum absolute atomic E-state index is 0.109. The molecule has 0 unspecified atom stereocenters. The van der Waals surface area contributed by atoms with Crippen molar-refractivity contribution in [3.8, 4) is 16.3 Å². The van der Waals surface area contributed by atoms with E-state index in [-0.39, 0.29) is 24.8 Å². The Hall–Kier alpha value is -4.24. The van der Waals surface area contributed by atoms with Gasteiger partial charge in [-0.1, -0.05) is 36.4 Å². The Morgan fingerprint density at radius 1 is 1.00 bits per heavy atom. The Bertz CT molecular complexity index is 1280. The molecule has 4 aromatic rings. The highest BCUT2D eigenvalue weighted by Crippen LogP contribution is 2.28. The van der Waals surface area contributed by atoms with Gasteiger partial charge < -0.3 is 15.4 Å². The standard InChI is InChI=1S/C25H22N4O4S/c1-33-23(31)15-26-22(30)14-17-9-11-18(12-10-17)27-25(32)20-16-29(19-6-3-2-4-7-19)28-24(20)21-8-5-13-34-21/h2-13,16H,14-15H2,1H3,(H,26,30)(H,27,32). The third kappa shape index (κ3) is 5.57. The second-order valence-corrected chi connectivity index (χ2v) is 8.28. The first-order valence-electron chi connectivity index (χ1n) is 10.5. The summed E-state index contributed by atoms with van der Waals surface area (Å²) in [6.07, 6.45) is 1.83. The molecule has 0 aliphatic rings. The predicted molar refractivity (Wildman–Crippen MR) is 130 cm³/mol. The van der Waals surface area contributed by atoms with Crippen molar-refractivity contribution in [3.63, 3.8) is 0 Å². The molecule has 0 fully saturated rings. The highest BCUT2D eigenvalue weighted by molar-refractivity contribution is 7.13. The zero-order chi connectivity index (χ0) is 23.9. The fourth-order valence-electron chi connectivity index (χ4n) is 3.24. The van der Waals surface area contributed by atoms with Crippen LogP contribution in [-0.2, 0) is 20.7 Å². The van der Waals surface area contributed by atoms with Crippen molar-refractivity contribution in [1.82, 2.24) is 15.1 Å². The maximum atomic E-state index is 13.1. The number of amides is 2. The molecule has 0 radical (unpaired) electrons. The summed E-state index contributed by atoms with van der Waals surface area (Å²) >= 11 is 1.51. The van der Waals surface area contributed by atoms with Crippen LogP contribution >= 0.6 is 11.3 Å². The Balaban J connectivity index is 1.48. The van der Waals surface area contributed by atoms with Crippen molar-refractivity contribution in [2.75, 3.05) is 19.0 Å². The lowest BCUT2D eigenvalue weighted by Crippen LogP contribution is -2.31. The molecule has 2 heterocycles. The van der Waals surface area contributed by atoms with E-state index in [0.717, 1.165) is 16.1 Å². The summed E-state index contributed by atoms with van der Waals surface area (Å²) in [6, 6.07) is 20.4. The van der Waals surface area contributed by atoms with E-state index in [1.807, 2.05) is 47.8 Å². The van der Waals surface area contributed by atoms with Crippen LogP contribution in [0.25, 0.3) is 16.3 Å². The highest BCUT2D eigenvalue weighted by atomic mass is 32.1. The average Bonchev–Trinajstić information content (AvgIpc) is 3.54. The quantitative estimate of drug-likeness (QED) is 0.379.